The number of phenolic OH excluding ortho intramolecular Hbond substituents is 1. The Morgan fingerprint density at radius 1 is 1.06 bits per heavy atom. The standard InChI is InChI=1S/C15H14O2/c1-9-11-4-2-3-5-12(11)15(17)13-7-6-10(16)8-14(9)13/h2-5,17H,6-8H2,1H3. The Hall–Kier alpha value is -1.83. The molecule has 0 aromatic heterocycles. The highest BCUT2D eigenvalue weighted by atomic mass is 16.3. The molecular formula is C15H14O2. The zero-order chi connectivity index (χ0) is 12.0. The highest BCUT2D eigenvalue weighted by Crippen LogP contribution is 2.38. The number of fused-ring (bicyclic) bond motifs is 2. The summed E-state index contributed by atoms with van der Waals surface area (Å²) in [6.07, 6.45) is 1.70. The van der Waals surface area contributed by atoms with Crippen LogP contribution in [-0.4, -0.2) is 10.9 Å². The molecule has 2 heteroatoms. The van der Waals surface area contributed by atoms with E-state index in [1.54, 1.807) is 0 Å². The highest BCUT2D eigenvalue weighted by molar-refractivity contribution is 5.96. The third-order valence-electron chi connectivity index (χ3n) is 3.72. The molecule has 0 aliphatic heterocycles. The third-order valence-corrected chi connectivity index (χ3v) is 3.72. The monoisotopic (exact) mass is 226 g/mol. The molecule has 0 fully saturated rings. The first-order valence-corrected chi connectivity index (χ1v) is 5.92. The molecule has 0 spiro atoms. The van der Waals surface area contributed by atoms with Crippen molar-refractivity contribution in [2.75, 3.05) is 0 Å². The van der Waals surface area contributed by atoms with Gasteiger partial charge in [-0.25, -0.2) is 0 Å². The number of rotatable bonds is 0. The second-order valence-electron chi connectivity index (χ2n) is 4.69. The number of phenols is 1. The van der Waals surface area contributed by atoms with Crippen molar-refractivity contribution < 1.29 is 9.90 Å². The van der Waals surface area contributed by atoms with Crippen molar-refractivity contribution in [2.24, 2.45) is 0 Å². The van der Waals surface area contributed by atoms with Gasteiger partial charge in [0.05, 0.1) is 0 Å². The molecule has 2 aromatic rings. The quantitative estimate of drug-likeness (QED) is 0.750. The van der Waals surface area contributed by atoms with Crippen molar-refractivity contribution in [1.82, 2.24) is 0 Å². The van der Waals surface area contributed by atoms with Crippen molar-refractivity contribution in [3.8, 4) is 5.75 Å². The van der Waals surface area contributed by atoms with E-state index in [1.165, 1.54) is 0 Å². The third kappa shape index (κ3) is 1.44. The summed E-state index contributed by atoms with van der Waals surface area (Å²) in [7, 11) is 0. The van der Waals surface area contributed by atoms with E-state index in [0.717, 1.165) is 27.5 Å². The summed E-state index contributed by atoms with van der Waals surface area (Å²) in [5, 5.41) is 12.2. The molecule has 0 radical (unpaired) electrons. The van der Waals surface area contributed by atoms with Gasteiger partial charge in [-0.15, -0.1) is 0 Å². The molecule has 0 heterocycles. The molecular weight excluding hydrogens is 212 g/mol. The number of ketones is 1. The molecule has 2 aromatic carbocycles. The van der Waals surface area contributed by atoms with Gasteiger partial charge in [0.2, 0.25) is 0 Å². The van der Waals surface area contributed by atoms with Gasteiger partial charge in [0, 0.05) is 18.2 Å². The molecule has 3 rings (SSSR count). The second-order valence-corrected chi connectivity index (χ2v) is 4.69. The fourth-order valence-corrected chi connectivity index (χ4v) is 2.77. The minimum atomic E-state index is 0.273. The number of hydrogen-bond donors (Lipinski definition) is 1. The van der Waals surface area contributed by atoms with Crippen molar-refractivity contribution in [1.29, 1.82) is 0 Å². The number of hydrogen-bond acceptors (Lipinski definition) is 2. The van der Waals surface area contributed by atoms with Gasteiger partial charge < -0.3 is 5.11 Å². The average molecular weight is 226 g/mol. The maximum atomic E-state index is 11.5. The lowest BCUT2D eigenvalue weighted by molar-refractivity contribution is -0.118. The van der Waals surface area contributed by atoms with E-state index in [0.29, 0.717) is 25.0 Å². The first-order valence-electron chi connectivity index (χ1n) is 5.92. The number of benzene rings is 2. The van der Waals surface area contributed by atoms with Gasteiger partial charge in [0.1, 0.15) is 11.5 Å². The molecule has 0 saturated heterocycles. The number of carbonyl (C=O) groups excluding carboxylic acids is 1. The summed E-state index contributed by atoms with van der Waals surface area (Å²) < 4.78 is 0. The zero-order valence-electron chi connectivity index (χ0n) is 9.79. The topological polar surface area (TPSA) is 37.3 Å². The van der Waals surface area contributed by atoms with Crippen LogP contribution < -0.4 is 0 Å². The highest BCUT2D eigenvalue weighted by Gasteiger charge is 2.22. The SMILES string of the molecule is Cc1c2c(c(O)c3ccccc13)CCC(=O)C2. The number of aromatic hydroxyl groups is 1. The first-order chi connectivity index (χ1) is 8.18. The molecule has 17 heavy (non-hydrogen) atoms. The number of aryl methyl sites for hydroxylation is 1. The summed E-state index contributed by atoms with van der Waals surface area (Å²) in [6, 6.07) is 7.84. The van der Waals surface area contributed by atoms with Crippen LogP contribution in [0, 0.1) is 6.92 Å². The molecule has 1 aliphatic carbocycles. The van der Waals surface area contributed by atoms with E-state index < -0.39 is 0 Å². The normalized spacial score (nSPS) is 15.0. The van der Waals surface area contributed by atoms with E-state index in [9.17, 15) is 9.90 Å². The molecule has 0 atom stereocenters. The Morgan fingerprint density at radius 3 is 2.53 bits per heavy atom. The lowest BCUT2D eigenvalue weighted by Gasteiger charge is -2.21. The van der Waals surface area contributed by atoms with Crippen molar-refractivity contribution in [3.63, 3.8) is 0 Å². The van der Waals surface area contributed by atoms with Gasteiger partial charge in [-0.2, -0.15) is 0 Å². The van der Waals surface area contributed by atoms with Crippen molar-refractivity contribution >= 4 is 16.6 Å². The summed E-state index contributed by atoms with van der Waals surface area (Å²) in [6.45, 7) is 2.04. The van der Waals surface area contributed by atoms with Crippen LogP contribution in [0.3, 0.4) is 0 Å². The van der Waals surface area contributed by atoms with Crippen LogP contribution in [0.15, 0.2) is 24.3 Å². The van der Waals surface area contributed by atoms with Crippen LogP contribution in [0.25, 0.3) is 10.8 Å². The number of carbonyl (C=O) groups is 1. The average Bonchev–Trinajstić information content (AvgIpc) is 2.36. The molecule has 0 saturated carbocycles. The molecule has 0 amide bonds. The maximum absolute atomic E-state index is 11.5. The Balaban J connectivity index is 2.41. The van der Waals surface area contributed by atoms with Gasteiger partial charge in [-0.3, -0.25) is 4.79 Å². The van der Waals surface area contributed by atoms with Crippen LogP contribution in [-0.2, 0) is 17.6 Å². The smallest absolute Gasteiger partial charge is 0.137 e. The Labute approximate surface area is 99.9 Å². The number of Topliss-reactive ketones (excluding diaryl/α,β-unsaturated/α-hetero) is 1. The zero-order valence-corrected chi connectivity index (χ0v) is 9.79. The van der Waals surface area contributed by atoms with Crippen LogP contribution in [0.2, 0.25) is 0 Å². The van der Waals surface area contributed by atoms with E-state index in [-0.39, 0.29) is 5.78 Å². The molecule has 0 bridgehead atoms. The fourth-order valence-electron chi connectivity index (χ4n) is 2.77. The van der Waals surface area contributed by atoms with Crippen molar-refractivity contribution in [2.45, 2.75) is 26.2 Å². The maximum Gasteiger partial charge on any atom is 0.137 e. The van der Waals surface area contributed by atoms with Crippen LogP contribution in [0.5, 0.6) is 5.75 Å². The molecule has 1 N–H and O–H groups in total. The minimum absolute atomic E-state index is 0.273. The first kappa shape index (κ1) is 10.3. The lowest BCUT2D eigenvalue weighted by Crippen LogP contribution is -2.15. The Morgan fingerprint density at radius 2 is 1.76 bits per heavy atom. The van der Waals surface area contributed by atoms with Gasteiger partial charge in [-0.1, -0.05) is 24.3 Å². The second kappa shape index (κ2) is 3.59. The summed E-state index contributed by atoms with van der Waals surface area (Å²) >= 11 is 0. The Kier molecular flexibility index (Phi) is 2.18. The van der Waals surface area contributed by atoms with Crippen LogP contribution in [0.4, 0.5) is 0 Å². The molecule has 86 valence electrons. The largest absolute Gasteiger partial charge is 0.507 e. The van der Waals surface area contributed by atoms with Crippen molar-refractivity contribution in [3.05, 3.63) is 41.0 Å². The summed E-state index contributed by atoms with van der Waals surface area (Å²) in [5.41, 5.74) is 3.15. The van der Waals surface area contributed by atoms with E-state index in [1.807, 2.05) is 31.2 Å². The summed E-state index contributed by atoms with van der Waals surface area (Å²) in [5.74, 6) is 0.643. The van der Waals surface area contributed by atoms with Gasteiger partial charge in [-0.05, 0) is 35.4 Å². The van der Waals surface area contributed by atoms with Crippen LogP contribution in [0.1, 0.15) is 23.1 Å². The van der Waals surface area contributed by atoms with Gasteiger partial charge in [0.15, 0.2) is 0 Å². The lowest BCUT2D eigenvalue weighted by atomic mass is 9.84. The Bertz CT molecular complexity index is 626. The van der Waals surface area contributed by atoms with E-state index in [4.69, 9.17) is 0 Å². The fraction of sp³-hybridized carbons (Fsp3) is 0.267. The predicted molar refractivity (Wildman–Crippen MR) is 67.4 cm³/mol. The summed E-state index contributed by atoms with van der Waals surface area (Å²) in [4.78, 5) is 11.5. The molecule has 1 aliphatic rings. The van der Waals surface area contributed by atoms with E-state index >= 15 is 0 Å². The minimum Gasteiger partial charge on any atom is -0.507 e. The molecule has 0 unspecified atom stereocenters. The van der Waals surface area contributed by atoms with Crippen LogP contribution >= 0.6 is 0 Å². The van der Waals surface area contributed by atoms with Gasteiger partial charge in [0.25, 0.3) is 0 Å². The molecule has 2 nitrogen and oxygen atoms in total. The van der Waals surface area contributed by atoms with Gasteiger partial charge >= 0.3 is 0 Å². The predicted octanol–water partition coefficient (Wildman–Crippen LogP) is 2.91. The van der Waals surface area contributed by atoms with E-state index in [2.05, 4.69) is 0 Å².